The van der Waals surface area contributed by atoms with Crippen molar-refractivity contribution in [3.8, 4) is 5.75 Å². The van der Waals surface area contributed by atoms with Gasteiger partial charge in [-0.1, -0.05) is 66.7 Å². The summed E-state index contributed by atoms with van der Waals surface area (Å²) < 4.78 is 31.9. The fraction of sp³-hybridized carbons (Fsp3) is 0.115. The highest BCUT2D eigenvalue weighted by atomic mass is 32.2. The number of ether oxygens (including phenoxy) is 1. The van der Waals surface area contributed by atoms with Gasteiger partial charge in [-0.3, -0.25) is 9.10 Å². The van der Waals surface area contributed by atoms with Crippen molar-refractivity contribution >= 4 is 38.1 Å². The molecule has 33 heavy (non-hydrogen) atoms. The molecule has 0 atom stereocenters. The first-order valence-corrected chi connectivity index (χ1v) is 12.3. The SMILES string of the molecule is CS(=O)(=O)N(CC(=O)Nc1ccc(OCc2ccccc2)cc1)c1cccc2ccccc12. The van der Waals surface area contributed by atoms with E-state index >= 15 is 0 Å². The Bertz CT molecular complexity index is 1350. The lowest BCUT2D eigenvalue weighted by Crippen LogP contribution is -2.37. The van der Waals surface area contributed by atoms with E-state index in [2.05, 4.69) is 5.32 Å². The average Bonchev–Trinajstić information content (AvgIpc) is 2.82. The molecule has 0 aliphatic carbocycles. The number of hydrogen-bond acceptors (Lipinski definition) is 4. The normalized spacial score (nSPS) is 11.2. The monoisotopic (exact) mass is 460 g/mol. The number of anilines is 2. The molecule has 0 aliphatic heterocycles. The zero-order chi connectivity index (χ0) is 23.3. The number of carbonyl (C=O) groups is 1. The van der Waals surface area contributed by atoms with Crippen molar-refractivity contribution in [2.75, 3.05) is 22.4 Å². The Morgan fingerprint density at radius 3 is 2.24 bits per heavy atom. The maximum Gasteiger partial charge on any atom is 0.245 e. The zero-order valence-corrected chi connectivity index (χ0v) is 19.0. The molecule has 4 rings (SSSR count). The number of nitrogens with zero attached hydrogens (tertiary/aromatic N) is 1. The average molecular weight is 461 g/mol. The summed E-state index contributed by atoms with van der Waals surface area (Å²) in [5, 5.41) is 4.42. The van der Waals surface area contributed by atoms with E-state index in [1.54, 1.807) is 36.4 Å². The number of fused-ring (bicyclic) bond motifs is 1. The summed E-state index contributed by atoms with van der Waals surface area (Å²) in [4.78, 5) is 12.7. The molecule has 0 bridgehead atoms. The van der Waals surface area contributed by atoms with Crippen molar-refractivity contribution in [3.63, 3.8) is 0 Å². The van der Waals surface area contributed by atoms with E-state index in [1.807, 2.05) is 60.7 Å². The largest absolute Gasteiger partial charge is 0.489 e. The molecule has 0 aromatic heterocycles. The van der Waals surface area contributed by atoms with Gasteiger partial charge in [0.2, 0.25) is 15.9 Å². The minimum atomic E-state index is -3.68. The fourth-order valence-electron chi connectivity index (χ4n) is 3.51. The Balaban J connectivity index is 1.45. The third kappa shape index (κ3) is 5.70. The summed E-state index contributed by atoms with van der Waals surface area (Å²) in [6.45, 7) is 0.111. The van der Waals surface area contributed by atoms with Gasteiger partial charge in [0.05, 0.1) is 11.9 Å². The third-order valence-electron chi connectivity index (χ3n) is 5.11. The molecule has 0 spiro atoms. The van der Waals surface area contributed by atoms with Crippen LogP contribution in [0.15, 0.2) is 97.1 Å². The van der Waals surface area contributed by atoms with Crippen LogP contribution in [0.2, 0.25) is 0 Å². The van der Waals surface area contributed by atoms with Crippen molar-refractivity contribution in [1.82, 2.24) is 0 Å². The molecule has 4 aromatic rings. The van der Waals surface area contributed by atoms with Crippen LogP contribution in [0.5, 0.6) is 5.75 Å². The number of rotatable bonds is 8. The first-order valence-electron chi connectivity index (χ1n) is 10.4. The summed E-state index contributed by atoms with van der Waals surface area (Å²) in [5.41, 5.74) is 2.08. The minimum absolute atomic E-state index is 0.334. The van der Waals surface area contributed by atoms with Gasteiger partial charge >= 0.3 is 0 Å². The van der Waals surface area contributed by atoms with Crippen LogP contribution in [0.25, 0.3) is 10.8 Å². The molecule has 0 fully saturated rings. The molecule has 0 saturated carbocycles. The third-order valence-corrected chi connectivity index (χ3v) is 6.24. The van der Waals surface area contributed by atoms with Crippen molar-refractivity contribution in [2.45, 2.75) is 6.61 Å². The number of amides is 1. The standard InChI is InChI=1S/C26H24N2O4S/c1-33(30,31)28(25-13-7-11-21-10-5-6-12-24(21)25)18-26(29)27-22-14-16-23(17-15-22)32-19-20-8-3-2-4-9-20/h2-17H,18-19H2,1H3,(H,27,29). The van der Waals surface area contributed by atoms with E-state index in [4.69, 9.17) is 4.74 Å². The molecule has 1 amide bonds. The minimum Gasteiger partial charge on any atom is -0.489 e. The van der Waals surface area contributed by atoms with Gasteiger partial charge in [0, 0.05) is 11.1 Å². The lowest BCUT2D eigenvalue weighted by atomic mass is 10.1. The maximum absolute atomic E-state index is 12.7. The Hall–Kier alpha value is -3.84. The van der Waals surface area contributed by atoms with Gasteiger partial charge in [0.25, 0.3) is 0 Å². The number of sulfonamides is 1. The first-order chi connectivity index (χ1) is 15.9. The van der Waals surface area contributed by atoms with E-state index in [0.717, 1.165) is 26.9 Å². The van der Waals surface area contributed by atoms with Crippen molar-refractivity contribution < 1.29 is 17.9 Å². The van der Waals surface area contributed by atoms with Gasteiger partial charge in [-0.2, -0.15) is 0 Å². The molecule has 0 aliphatic rings. The number of benzene rings is 4. The summed E-state index contributed by atoms with van der Waals surface area (Å²) >= 11 is 0. The van der Waals surface area contributed by atoms with Crippen LogP contribution in [0, 0.1) is 0 Å². The van der Waals surface area contributed by atoms with Crippen molar-refractivity contribution in [1.29, 1.82) is 0 Å². The van der Waals surface area contributed by atoms with Gasteiger partial charge in [-0.15, -0.1) is 0 Å². The highest BCUT2D eigenvalue weighted by Gasteiger charge is 2.22. The summed E-state index contributed by atoms with van der Waals surface area (Å²) in [5.74, 6) is 0.233. The Morgan fingerprint density at radius 1 is 0.848 bits per heavy atom. The fourth-order valence-corrected chi connectivity index (χ4v) is 4.38. The molecule has 0 saturated heterocycles. The summed E-state index contributed by atoms with van der Waals surface area (Å²) in [7, 11) is -3.68. The zero-order valence-electron chi connectivity index (χ0n) is 18.1. The second kappa shape index (κ2) is 9.75. The Labute approximate surface area is 193 Å². The predicted molar refractivity (Wildman–Crippen MR) is 132 cm³/mol. The van der Waals surface area contributed by atoms with Gasteiger partial charge in [-0.25, -0.2) is 8.42 Å². The first kappa shape index (κ1) is 22.4. The topological polar surface area (TPSA) is 75.7 Å². The van der Waals surface area contributed by atoms with Crippen LogP contribution >= 0.6 is 0 Å². The van der Waals surface area contributed by atoms with Crippen LogP contribution in [-0.4, -0.2) is 27.1 Å². The van der Waals surface area contributed by atoms with Crippen LogP contribution in [-0.2, 0) is 21.4 Å². The summed E-state index contributed by atoms with van der Waals surface area (Å²) in [6.07, 6.45) is 1.10. The van der Waals surface area contributed by atoms with E-state index in [0.29, 0.717) is 23.7 Å². The molecule has 0 radical (unpaired) electrons. The second-order valence-electron chi connectivity index (χ2n) is 7.61. The van der Waals surface area contributed by atoms with Crippen molar-refractivity contribution in [3.05, 3.63) is 103 Å². The Kier molecular flexibility index (Phi) is 6.60. The second-order valence-corrected chi connectivity index (χ2v) is 9.52. The van der Waals surface area contributed by atoms with Crippen LogP contribution < -0.4 is 14.4 Å². The van der Waals surface area contributed by atoms with Crippen LogP contribution in [0.1, 0.15) is 5.56 Å². The summed E-state index contributed by atoms with van der Waals surface area (Å²) in [6, 6.07) is 29.7. The quantitative estimate of drug-likeness (QED) is 0.409. The number of carbonyl (C=O) groups excluding carboxylic acids is 1. The molecular weight excluding hydrogens is 436 g/mol. The molecule has 0 unspecified atom stereocenters. The van der Waals surface area contributed by atoms with Crippen molar-refractivity contribution in [2.24, 2.45) is 0 Å². The van der Waals surface area contributed by atoms with E-state index in [1.165, 1.54) is 0 Å². The van der Waals surface area contributed by atoms with E-state index in [-0.39, 0.29) is 6.54 Å². The Morgan fingerprint density at radius 2 is 1.52 bits per heavy atom. The lowest BCUT2D eigenvalue weighted by molar-refractivity contribution is -0.114. The smallest absolute Gasteiger partial charge is 0.245 e. The molecular formula is C26H24N2O4S. The van der Waals surface area contributed by atoms with Gasteiger partial charge in [0.1, 0.15) is 18.9 Å². The van der Waals surface area contributed by atoms with Gasteiger partial charge < -0.3 is 10.1 Å². The van der Waals surface area contributed by atoms with Crippen LogP contribution in [0.4, 0.5) is 11.4 Å². The lowest BCUT2D eigenvalue weighted by Gasteiger charge is -2.23. The molecule has 4 aromatic carbocycles. The molecule has 168 valence electrons. The highest BCUT2D eigenvalue weighted by Crippen LogP contribution is 2.28. The molecule has 0 heterocycles. The van der Waals surface area contributed by atoms with Crippen LogP contribution in [0.3, 0.4) is 0 Å². The maximum atomic E-state index is 12.7. The number of hydrogen-bond donors (Lipinski definition) is 1. The van der Waals surface area contributed by atoms with Gasteiger partial charge in [-0.05, 0) is 41.3 Å². The highest BCUT2D eigenvalue weighted by molar-refractivity contribution is 7.92. The van der Waals surface area contributed by atoms with E-state index in [9.17, 15) is 13.2 Å². The van der Waals surface area contributed by atoms with Gasteiger partial charge in [0.15, 0.2) is 0 Å². The molecule has 6 nitrogen and oxygen atoms in total. The van der Waals surface area contributed by atoms with E-state index < -0.39 is 15.9 Å². The molecule has 7 heteroatoms. The number of nitrogens with one attached hydrogen (secondary N) is 1. The predicted octanol–water partition coefficient (Wildman–Crippen LogP) is 4.82. The molecule has 1 N–H and O–H groups in total.